The Morgan fingerprint density at radius 1 is 1.10 bits per heavy atom. The molecule has 1 fully saturated rings. The molecule has 0 aromatic carbocycles. The van der Waals surface area contributed by atoms with E-state index in [1.807, 2.05) is 0 Å². The van der Waals surface area contributed by atoms with Crippen LogP contribution in [-0.4, -0.2) is 60.8 Å². The van der Waals surface area contributed by atoms with Crippen molar-refractivity contribution in [2.24, 2.45) is 0 Å². The largest absolute Gasteiger partial charge is 0.379 e. The second-order valence-electron chi connectivity index (χ2n) is 5.23. The maximum absolute atomic E-state index is 5.37. The van der Waals surface area contributed by atoms with E-state index in [4.69, 9.17) is 4.74 Å². The van der Waals surface area contributed by atoms with Gasteiger partial charge in [0.05, 0.1) is 13.2 Å². The number of nitrogens with one attached hydrogen (secondary N) is 2. The topological polar surface area (TPSA) is 62.3 Å². The SMILES string of the molecule is CCNc1nc(CC)nc(NCCN2CCOCC2)c1C. The Balaban J connectivity index is 1.95. The van der Waals surface area contributed by atoms with Gasteiger partial charge in [0.2, 0.25) is 0 Å². The van der Waals surface area contributed by atoms with Crippen LogP contribution < -0.4 is 10.6 Å². The van der Waals surface area contributed by atoms with Crippen molar-refractivity contribution in [2.45, 2.75) is 27.2 Å². The van der Waals surface area contributed by atoms with Crippen LogP contribution in [0.25, 0.3) is 0 Å². The second kappa shape index (κ2) is 8.14. The molecule has 0 bridgehead atoms. The molecule has 1 aliphatic rings. The van der Waals surface area contributed by atoms with Gasteiger partial charge < -0.3 is 15.4 Å². The first kappa shape index (κ1) is 16.0. The molecule has 0 saturated carbocycles. The molecule has 21 heavy (non-hydrogen) atoms. The minimum atomic E-state index is 0.844. The third-order valence-electron chi connectivity index (χ3n) is 3.68. The van der Waals surface area contributed by atoms with E-state index in [2.05, 4.69) is 46.3 Å². The van der Waals surface area contributed by atoms with Crippen molar-refractivity contribution < 1.29 is 4.74 Å². The molecule has 1 aromatic heterocycles. The highest BCUT2D eigenvalue weighted by Gasteiger charge is 2.12. The smallest absolute Gasteiger partial charge is 0.134 e. The van der Waals surface area contributed by atoms with Crippen LogP contribution in [0.2, 0.25) is 0 Å². The summed E-state index contributed by atoms with van der Waals surface area (Å²) in [7, 11) is 0. The fraction of sp³-hybridized carbons (Fsp3) is 0.733. The minimum absolute atomic E-state index is 0.844. The lowest BCUT2D eigenvalue weighted by atomic mass is 10.3. The van der Waals surface area contributed by atoms with E-state index in [9.17, 15) is 0 Å². The van der Waals surface area contributed by atoms with Gasteiger partial charge in [-0.25, -0.2) is 9.97 Å². The van der Waals surface area contributed by atoms with Crippen LogP contribution in [0.1, 0.15) is 25.2 Å². The highest BCUT2D eigenvalue weighted by molar-refractivity contribution is 5.57. The Bertz CT molecular complexity index is 446. The summed E-state index contributed by atoms with van der Waals surface area (Å²) in [6.45, 7) is 12.7. The maximum Gasteiger partial charge on any atom is 0.134 e. The summed E-state index contributed by atoms with van der Waals surface area (Å²) in [5, 5.41) is 6.77. The van der Waals surface area contributed by atoms with Gasteiger partial charge in [0.1, 0.15) is 17.5 Å². The van der Waals surface area contributed by atoms with E-state index in [1.54, 1.807) is 0 Å². The average molecular weight is 293 g/mol. The Labute approximate surface area is 127 Å². The van der Waals surface area contributed by atoms with Gasteiger partial charge in [0.15, 0.2) is 0 Å². The van der Waals surface area contributed by atoms with E-state index >= 15 is 0 Å². The summed E-state index contributed by atoms with van der Waals surface area (Å²) in [4.78, 5) is 11.6. The number of ether oxygens (including phenoxy) is 1. The molecule has 1 saturated heterocycles. The fourth-order valence-electron chi connectivity index (χ4n) is 2.39. The van der Waals surface area contributed by atoms with Crippen molar-refractivity contribution >= 4 is 11.6 Å². The van der Waals surface area contributed by atoms with Crippen LogP contribution in [0.3, 0.4) is 0 Å². The lowest BCUT2D eigenvalue weighted by Crippen LogP contribution is -2.39. The summed E-state index contributed by atoms with van der Waals surface area (Å²) >= 11 is 0. The fourth-order valence-corrected chi connectivity index (χ4v) is 2.39. The zero-order valence-corrected chi connectivity index (χ0v) is 13.4. The van der Waals surface area contributed by atoms with Crippen LogP contribution in [0, 0.1) is 6.92 Å². The van der Waals surface area contributed by atoms with Crippen molar-refractivity contribution in [1.29, 1.82) is 0 Å². The molecule has 118 valence electrons. The molecule has 0 spiro atoms. The molecule has 6 nitrogen and oxygen atoms in total. The Morgan fingerprint density at radius 2 is 1.76 bits per heavy atom. The zero-order valence-electron chi connectivity index (χ0n) is 13.4. The number of aromatic nitrogens is 2. The number of anilines is 2. The molecule has 2 rings (SSSR count). The van der Waals surface area contributed by atoms with E-state index in [0.717, 1.165) is 75.4 Å². The first-order valence-electron chi connectivity index (χ1n) is 7.90. The maximum atomic E-state index is 5.37. The predicted octanol–water partition coefficient (Wildman–Crippen LogP) is 1.52. The van der Waals surface area contributed by atoms with E-state index in [-0.39, 0.29) is 0 Å². The van der Waals surface area contributed by atoms with Crippen molar-refractivity contribution in [1.82, 2.24) is 14.9 Å². The molecule has 6 heteroatoms. The van der Waals surface area contributed by atoms with Gasteiger partial charge in [0, 0.05) is 44.7 Å². The first-order chi connectivity index (χ1) is 10.2. The minimum Gasteiger partial charge on any atom is -0.379 e. The van der Waals surface area contributed by atoms with E-state index in [0.29, 0.717) is 0 Å². The van der Waals surface area contributed by atoms with Gasteiger partial charge in [0.25, 0.3) is 0 Å². The number of hydrogen-bond donors (Lipinski definition) is 2. The van der Waals surface area contributed by atoms with Gasteiger partial charge in [-0.2, -0.15) is 0 Å². The van der Waals surface area contributed by atoms with Crippen LogP contribution in [0.5, 0.6) is 0 Å². The van der Waals surface area contributed by atoms with Crippen molar-refractivity contribution in [3.8, 4) is 0 Å². The summed E-state index contributed by atoms with van der Waals surface area (Å²) in [6.07, 6.45) is 0.844. The third kappa shape index (κ3) is 4.54. The van der Waals surface area contributed by atoms with Crippen molar-refractivity contribution in [3.05, 3.63) is 11.4 Å². The Morgan fingerprint density at radius 3 is 2.38 bits per heavy atom. The van der Waals surface area contributed by atoms with Gasteiger partial charge in [-0.1, -0.05) is 6.92 Å². The molecule has 0 atom stereocenters. The van der Waals surface area contributed by atoms with Gasteiger partial charge in [-0.3, -0.25) is 4.90 Å². The lowest BCUT2D eigenvalue weighted by Gasteiger charge is -2.26. The summed E-state index contributed by atoms with van der Waals surface area (Å²) in [6, 6.07) is 0. The van der Waals surface area contributed by atoms with Crippen molar-refractivity contribution in [2.75, 3.05) is 56.6 Å². The summed E-state index contributed by atoms with van der Waals surface area (Å²) < 4.78 is 5.37. The zero-order chi connectivity index (χ0) is 15.1. The Kier molecular flexibility index (Phi) is 6.20. The summed E-state index contributed by atoms with van der Waals surface area (Å²) in [5.41, 5.74) is 1.09. The highest BCUT2D eigenvalue weighted by Crippen LogP contribution is 2.20. The summed E-state index contributed by atoms with van der Waals surface area (Å²) in [5.74, 6) is 2.77. The Hall–Kier alpha value is -1.40. The predicted molar refractivity (Wildman–Crippen MR) is 86.1 cm³/mol. The highest BCUT2D eigenvalue weighted by atomic mass is 16.5. The molecule has 0 aliphatic carbocycles. The second-order valence-corrected chi connectivity index (χ2v) is 5.23. The molecule has 0 radical (unpaired) electrons. The number of aryl methyl sites for hydroxylation is 1. The molecule has 0 unspecified atom stereocenters. The number of nitrogens with zero attached hydrogens (tertiary/aromatic N) is 3. The normalized spacial score (nSPS) is 16.0. The van der Waals surface area contributed by atoms with Crippen molar-refractivity contribution in [3.63, 3.8) is 0 Å². The van der Waals surface area contributed by atoms with Crippen LogP contribution in [0.4, 0.5) is 11.6 Å². The molecule has 2 N–H and O–H groups in total. The first-order valence-corrected chi connectivity index (χ1v) is 7.90. The van der Waals surface area contributed by atoms with Gasteiger partial charge >= 0.3 is 0 Å². The standard InChI is InChI=1S/C15H27N5O/c1-4-13-18-14(16-5-2)12(3)15(19-13)17-6-7-20-8-10-21-11-9-20/h4-11H2,1-3H3,(H2,16,17,18,19). The van der Waals surface area contributed by atoms with E-state index in [1.165, 1.54) is 0 Å². The average Bonchev–Trinajstić information content (AvgIpc) is 2.52. The van der Waals surface area contributed by atoms with Crippen LogP contribution in [-0.2, 0) is 11.2 Å². The monoisotopic (exact) mass is 293 g/mol. The molecule has 0 amide bonds. The van der Waals surface area contributed by atoms with Crippen LogP contribution in [0.15, 0.2) is 0 Å². The molecule has 1 aliphatic heterocycles. The number of hydrogen-bond acceptors (Lipinski definition) is 6. The number of rotatable bonds is 7. The van der Waals surface area contributed by atoms with Gasteiger partial charge in [-0.15, -0.1) is 0 Å². The third-order valence-corrected chi connectivity index (χ3v) is 3.68. The lowest BCUT2D eigenvalue weighted by molar-refractivity contribution is 0.0398. The molecule has 2 heterocycles. The van der Waals surface area contributed by atoms with Crippen LogP contribution >= 0.6 is 0 Å². The quantitative estimate of drug-likeness (QED) is 0.795. The molecular weight excluding hydrogens is 266 g/mol. The molecular formula is C15H27N5O. The van der Waals surface area contributed by atoms with Gasteiger partial charge in [-0.05, 0) is 13.8 Å². The number of morpholine rings is 1. The molecule has 1 aromatic rings. The van der Waals surface area contributed by atoms with E-state index < -0.39 is 0 Å².